The fraction of sp³-hybridized carbons (Fsp3) is 0.940. The van der Waals surface area contributed by atoms with Gasteiger partial charge in [0.05, 0.1) is 26.4 Å². The molecule has 0 aromatic heterocycles. The molecule has 510 valence electrons. The van der Waals surface area contributed by atoms with E-state index in [-0.39, 0.29) is 25.7 Å². The number of aliphatic hydroxyl groups is 1. The summed E-state index contributed by atoms with van der Waals surface area (Å²) < 4.78 is 68.1. The number of aliphatic hydroxyl groups excluding tert-OH is 1. The molecule has 0 heterocycles. The Kier molecular flexibility index (Phi) is 55.7. The molecule has 0 radical (unpaired) electrons. The van der Waals surface area contributed by atoms with Crippen LogP contribution < -0.4 is 0 Å². The molecule has 86 heavy (non-hydrogen) atoms. The Morgan fingerprint density at radius 2 is 0.488 bits per heavy atom. The summed E-state index contributed by atoms with van der Waals surface area (Å²) >= 11 is 0. The number of unbranched alkanes of at least 4 members (excludes halogenated alkanes) is 30. The summed E-state index contributed by atoms with van der Waals surface area (Å²) in [7, 11) is -9.89. The van der Waals surface area contributed by atoms with Crippen molar-refractivity contribution in [3.63, 3.8) is 0 Å². The molecule has 0 bridgehead atoms. The summed E-state index contributed by atoms with van der Waals surface area (Å²) in [6, 6.07) is 0. The second-order valence-electron chi connectivity index (χ2n) is 26.1. The van der Waals surface area contributed by atoms with Crippen molar-refractivity contribution in [2.24, 2.45) is 23.7 Å². The molecule has 0 aliphatic rings. The predicted octanol–water partition coefficient (Wildman–Crippen LogP) is 18.5. The molecule has 0 fully saturated rings. The van der Waals surface area contributed by atoms with Crippen LogP contribution in [0.15, 0.2) is 0 Å². The highest BCUT2D eigenvalue weighted by Gasteiger charge is 2.30. The van der Waals surface area contributed by atoms with Gasteiger partial charge in [-0.05, 0) is 49.4 Å². The molecule has 17 nitrogen and oxygen atoms in total. The highest BCUT2D eigenvalue weighted by atomic mass is 31.2. The lowest BCUT2D eigenvalue weighted by Crippen LogP contribution is -2.30. The van der Waals surface area contributed by atoms with Crippen LogP contribution in [0, 0.1) is 23.7 Å². The van der Waals surface area contributed by atoms with Gasteiger partial charge in [-0.25, -0.2) is 9.13 Å². The van der Waals surface area contributed by atoms with Gasteiger partial charge in [0.2, 0.25) is 0 Å². The van der Waals surface area contributed by atoms with Crippen molar-refractivity contribution in [3.8, 4) is 0 Å². The predicted molar refractivity (Wildman–Crippen MR) is 344 cm³/mol. The molecule has 0 saturated heterocycles. The minimum absolute atomic E-state index is 0.104. The van der Waals surface area contributed by atoms with E-state index in [1.54, 1.807) is 0 Å². The Balaban J connectivity index is 5.23. The first-order valence-corrected chi connectivity index (χ1v) is 37.7. The Bertz CT molecular complexity index is 1710. The zero-order valence-electron chi connectivity index (χ0n) is 55.9. The molecular weight excluding hydrogens is 1140 g/mol. The summed E-state index contributed by atoms with van der Waals surface area (Å²) in [6.45, 7) is 14.0. The third-order valence-corrected chi connectivity index (χ3v) is 17.2. The smallest absolute Gasteiger partial charge is 0.462 e. The highest BCUT2D eigenvalue weighted by Crippen LogP contribution is 2.45. The Morgan fingerprint density at radius 1 is 0.291 bits per heavy atom. The minimum Gasteiger partial charge on any atom is -0.462 e. The van der Waals surface area contributed by atoms with E-state index in [2.05, 4.69) is 55.4 Å². The molecule has 5 atom stereocenters. The number of rotatable bonds is 64. The number of hydrogen-bond acceptors (Lipinski definition) is 15. The van der Waals surface area contributed by atoms with Gasteiger partial charge in [-0.3, -0.25) is 37.3 Å². The first-order valence-electron chi connectivity index (χ1n) is 34.7. The van der Waals surface area contributed by atoms with Crippen molar-refractivity contribution in [2.45, 2.75) is 343 Å². The molecule has 0 aliphatic carbocycles. The fourth-order valence-corrected chi connectivity index (χ4v) is 11.5. The number of ether oxygens (including phenoxy) is 4. The molecule has 3 N–H and O–H groups in total. The largest absolute Gasteiger partial charge is 0.472 e. The summed E-state index contributed by atoms with van der Waals surface area (Å²) in [5.74, 6) is 0.750. The standard InChI is InChI=1S/C67H130O17P2/c1-57(2)43-35-27-19-15-11-9-10-12-17-21-33-41-49-66(71)83-62(53-77-64(69)47-39-31-25-23-29-37-45-59(5)6)55-81-85(73,74)79-51-61(68)52-80-86(75,76)82-56-63(54-78-65(70)48-40-32-26-24-30-38-46-60(7)8)84-67(72)50-42-34-22-18-14-13-16-20-28-36-44-58(3)4/h57-63,68H,9-56H2,1-8H3,(H,73,74)(H,75,76)/t61-,62+,63+/m0/s1. The van der Waals surface area contributed by atoms with Crippen molar-refractivity contribution >= 4 is 39.5 Å². The van der Waals surface area contributed by atoms with Gasteiger partial charge >= 0.3 is 39.5 Å². The maximum absolute atomic E-state index is 13.0. The van der Waals surface area contributed by atoms with E-state index in [9.17, 15) is 43.2 Å². The topological polar surface area (TPSA) is 237 Å². The number of carbonyl (C=O) groups excluding carboxylic acids is 4. The number of carbonyl (C=O) groups is 4. The third-order valence-electron chi connectivity index (χ3n) is 15.3. The first kappa shape index (κ1) is 84.1. The molecule has 0 saturated carbocycles. The zero-order valence-corrected chi connectivity index (χ0v) is 57.7. The molecule has 0 aliphatic heterocycles. The van der Waals surface area contributed by atoms with Crippen molar-refractivity contribution in [3.05, 3.63) is 0 Å². The van der Waals surface area contributed by atoms with E-state index in [0.717, 1.165) is 115 Å². The summed E-state index contributed by atoms with van der Waals surface area (Å²) in [4.78, 5) is 72.3. The summed E-state index contributed by atoms with van der Waals surface area (Å²) in [5, 5.41) is 10.6. The molecule has 0 aromatic carbocycles. The van der Waals surface area contributed by atoms with Crippen molar-refractivity contribution in [2.75, 3.05) is 39.6 Å². The van der Waals surface area contributed by atoms with E-state index in [1.807, 2.05) is 0 Å². The molecule has 0 amide bonds. The van der Waals surface area contributed by atoms with E-state index in [1.165, 1.54) is 116 Å². The van der Waals surface area contributed by atoms with Crippen LogP contribution in [0.2, 0.25) is 0 Å². The SMILES string of the molecule is CC(C)CCCCCCCCCCCCCCC(=O)O[C@H](COC(=O)CCCCCCCCC(C)C)COP(=O)(O)OC[C@H](O)COP(=O)(O)OC[C@@H](COC(=O)CCCCCCCCC(C)C)OC(=O)CCCCCCCCCCCCC(C)C. The molecule has 0 aromatic rings. The molecule has 2 unspecified atom stereocenters. The molecular formula is C67H130O17P2. The lowest BCUT2D eigenvalue weighted by molar-refractivity contribution is -0.161. The summed E-state index contributed by atoms with van der Waals surface area (Å²) in [6.07, 6.45) is 37.8. The average Bonchev–Trinajstić information content (AvgIpc) is 3.67. The molecule has 19 heteroatoms. The monoisotopic (exact) mass is 1270 g/mol. The number of phosphoric acid groups is 2. The van der Waals surface area contributed by atoms with Crippen molar-refractivity contribution < 1.29 is 80.2 Å². The highest BCUT2D eigenvalue weighted by molar-refractivity contribution is 7.47. The lowest BCUT2D eigenvalue weighted by Gasteiger charge is -2.21. The van der Waals surface area contributed by atoms with Gasteiger partial charge in [0.1, 0.15) is 19.3 Å². The molecule has 0 spiro atoms. The lowest BCUT2D eigenvalue weighted by atomic mass is 10.0. The normalized spacial score (nSPS) is 14.4. The Labute approximate surface area is 524 Å². The minimum atomic E-state index is -4.95. The van der Waals surface area contributed by atoms with Crippen molar-refractivity contribution in [1.29, 1.82) is 0 Å². The van der Waals surface area contributed by atoms with Gasteiger partial charge < -0.3 is 33.8 Å². The fourth-order valence-electron chi connectivity index (χ4n) is 9.96. The number of esters is 4. The zero-order chi connectivity index (χ0) is 63.9. The quantitative estimate of drug-likeness (QED) is 0.0222. The van der Waals surface area contributed by atoms with Gasteiger partial charge in [-0.1, -0.05) is 274 Å². The van der Waals surface area contributed by atoms with Gasteiger partial charge in [0.15, 0.2) is 12.2 Å². The second-order valence-corrected chi connectivity index (χ2v) is 29.0. The number of hydrogen-bond donors (Lipinski definition) is 3. The summed E-state index contributed by atoms with van der Waals surface area (Å²) in [5.41, 5.74) is 0. The molecule has 0 rings (SSSR count). The van der Waals surface area contributed by atoms with Crippen molar-refractivity contribution in [1.82, 2.24) is 0 Å². The Hall–Kier alpha value is -1.94. The van der Waals surface area contributed by atoms with Crippen LogP contribution >= 0.6 is 15.6 Å². The van der Waals surface area contributed by atoms with E-state index in [4.69, 9.17) is 37.0 Å². The number of phosphoric ester groups is 2. The maximum Gasteiger partial charge on any atom is 0.472 e. The third kappa shape index (κ3) is 60.9. The van der Waals surface area contributed by atoms with E-state index >= 15 is 0 Å². The van der Waals surface area contributed by atoms with E-state index < -0.39 is 97.5 Å². The average molecular weight is 1270 g/mol. The van der Waals surface area contributed by atoms with Crippen LogP contribution in [0.5, 0.6) is 0 Å². The van der Waals surface area contributed by atoms with Gasteiger partial charge in [-0.2, -0.15) is 0 Å². The Morgan fingerprint density at radius 3 is 0.721 bits per heavy atom. The van der Waals surface area contributed by atoms with Crippen LogP contribution in [-0.4, -0.2) is 96.7 Å². The second kappa shape index (κ2) is 57.0. The van der Waals surface area contributed by atoms with E-state index in [0.29, 0.717) is 37.5 Å². The van der Waals surface area contributed by atoms with Crippen LogP contribution in [0.3, 0.4) is 0 Å². The van der Waals surface area contributed by atoms with Gasteiger partial charge in [0.25, 0.3) is 0 Å². The first-order chi connectivity index (χ1) is 41.1. The van der Waals surface area contributed by atoms with Crippen LogP contribution in [0.4, 0.5) is 0 Å². The van der Waals surface area contributed by atoms with Gasteiger partial charge in [0, 0.05) is 25.7 Å². The van der Waals surface area contributed by atoms with Crippen LogP contribution in [0.1, 0.15) is 325 Å². The van der Waals surface area contributed by atoms with Crippen LogP contribution in [-0.2, 0) is 65.4 Å². The van der Waals surface area contributed by atoms with Crippen LogP contribution in [0.25, 0.3) is 0 Å². The van der Waals surface area contributed by atoms with Gasteiger partial charge in [-0.15, -0.1) is 0 Å². The maximum atomic E-state index is 13.0.